The van der Waals surface area contributed by atoms with Crippen molar-refractivity contribution in [1.82, 2.24) is 0 Å². The van der Waals surface area contributed by atoms with Gasteiger partial charge < -0.3 is 14.9 Å². The molecule has 0 aromatic heterocycles. The minimum absolute atomic E-state index is 0.0358. The van der Waals surface area contributed by atoms with Crippen molar-refractivity contribution in [3.8, 4) is 11.5 Å². The van der Waals surface area contributed by atoms with Gasteiger partial charge in [-0.15, -0.1) is 0 Å². The Bertz CT molecular complexity index is 937. The van der Waals surface area contributed by atoms with Crippen molar-refractivity contribution in [2.24, 2.45) is 0 Å². The fourth-order valence-corrected chi connectivity index (χ4v) is 3.22. The molecular weight excluding hydrogens is 370 g/mol. The van der Waals surface area contributed by atoms with Crippen LogP contribution in [0.4, 0.5) is 10.5 Å². The highest BCUT2D eigenvalue weighted by molar-refractivity contribution is 8.19. The standard InChI is InChI=1S/C19H15NO6S/c1-11(18(23)24)26-15-4-2-3-12(9-15)10-16-17(22)20(19(25)27-16)13-5-7-14(21)8-6-13/h2-11,21H,1H3,(H,23,24)/b16-10+. The summed E-state index contributed by atoms with van der Waals surface area (Å²) in [6.07, 6.45) is 0.533. The molecular formula is C19H15NO6S. The third-order valence-electron chi connectivity index (χ3n) is 3.72. The first-order valence-electron chi connectivity index (χ1n) is 7.91. The molecule has 138 valence electrons. The first-order valence-corrected chi connectivity index (χ1v) is 8.73. The third-order valence-corrected chi connectivity index (χ3v) is 4.59. The highest BCUT2D eigenvalue weighted by Crippen LogP contribution is 2.36. The Kier molecular flexibility index (Phi) is 5.18. The van der Waals surface area contributed by atoms with Crippen molar-refractivity contribution < 1.29 is 29.3 Å². The average Bonchev–Trinajstić information content (AvgIpc) is 2.90. The molecule has 1 unspecified atom stereocenters. The number of aromatic hydroxyl groups is 1. The summed E-state index contributed by atoms with van der Waals surface area (Å²) >= 11 is 0.801. The van der Waals surface area contributed by atoms with Crippen molar-refractivity contribution in [2.75, 3.05) is 4.90 Å². The average molecular weight is 385 g/mol. The van der Waals surface area contributed by atoms with Gasteiger partial charge in [-0.05, 0) is 66.7 Å². The molecule has 0 aliphatic carbocycles. The summed E-state index contributed by atoms with van der Waals surface area (Å²) in [5.74, 6) is -1.18. The Labute approximate surface area is 158 Å². The summed E-state index contributed by atoms with van der Waals surface area (Å²) in [5.41, 5.74) is 0.965. The van der Waals surface area contributed by atoms with E-state index in [1.807, 2.05) is 0 Å². The van der Waals surface area contributed by atoms with Gasteiger partial charge in [-0.25, -0.2) is 9.69 Å². The Morgan fingerprint density at radius 3 is 2.56 bits per heavy atom. The fourth-order valence-electron chi connectivity index (χ4n) is 2.38. The maximum Gasteiger partial charge on any atom is 0.344 e. The van der Waals surface area contributed by atoms with Crippen LogP contribution in [0.3, 0.4) is 0 Å². The number of benzene rings is 2. The molecule has 1 aliphatic rings. The van der Waals surface area contributed by atoms with Gasteiger partial charge in [0, 0.05) is 0 Å². The molecule has 1 fully saturated rings. The van der Waals surface area contributed by atoms with E-state index >= 15 is 0 Å². The molecule has 0 radical (unpaired) electrons. The number of hydrogen-bond acceptors (Lipinski definition) is 6. The largest absolute Gasteiger partial charge is 0.508 e. The van der Waals surface area contributed by atoms with E-state index in [2.05, 4.69) is 0 Å². The molecule has 27 heavy (non-hydrogen) atoms. The highest BCUT2D eigenvalue weighted by Gasteiger charge is 2.36. The van der Waals surface area contributed by atoms with Gasteiger partial charge >= 0.3 is 5.97 Å². The molecule has 2 N–H and O–H groups in total. The van der Waals surface area contributed by atoms with Crippen LogP contribution in [0.15, 0.2) is 53.4 Å². The monoisotopic (exact) mass is 385 g/mol. The number of carbonyl (C=O) groups is 3. The number of thioether (sulfide) groups is 1. The van der Waals surface area contributed by atoms with Gasteiger partial charge in [0.25, 0.3) is 11.1 Å². The van der Waals surface area contributed by atoms with Crippen LogP contribution < -0.4 is 9.64 Å². The van der Waals surface area contributed by atoms with E-state index in [0.717, 1.165) is 16.7 Å². The second kappa shape index (κ2) is 7.55. The smallest absolute Gasteiger partial charge is 0.344 e. The number of carboxylic acids is 1. The van der Waals surface area contributed by atoms with E-state index in [4.69, 9.17) is 9.84 Å². The predicted molar refractivity (Wildman–Crippen MR) is 101 cm³/mol. The molecule has 8 heteroatoms. The topological polar surface area (TPSA) is 104 Å². The lowest BCUT2D eigenvalue weighted by Gasteiger charge is -2.12. The third kappa shape index (κ3) is 4.12. The van der Waals surface area contributed by atoms with E-state index in [9.17, 15) is 19.5 Å². The Hall–Kier alpha value is -3.26. The van der Waals surface area contributed by atoms with E-state index in [1.165, 1.54) is 31.2 Å². The predicted octanol–water partition coefficient (Wildman–Crippen LogP) is 3.49. The lowest BCUT2D eigenvalue weighted by molar-refractivity contribution is -0.144. The molecule has 2 aromatic rings. The number of phenols is 1. The summed E-state index contributed by atoms with van der Waals surface area (Å²) in [6, 6.07) is 12.3. The second-order valence-corrected chi connectivity index (χ2v) is 6.70. The number of carboxylic acid groups (broad SMARTS) is 1. The van der Waals surface area contributed by atoms with E-state index < -0.39 is 23.2 Å². The van der Waals surface area contributed by atoms with E-state index in [-0.39, 0.29) is 10.7 Å². The van der Waals surface area contributed by atoms with E-state index in [1.54, 1.807) is 30.3 Å². The van der Waals surface area contributed by atoms with E-state index in [0.29, 0.717) is 17.0 Å². The van der Waals surface area contributed by atoms with Crippen LogP contribution >= 0.6 is 11.8 Å². The summed E-state index contributed by atoms with van der Waals surface area (Å²) < 4.78 is 5.31. The van der Waals surface area contributed by atoms with Crippen molar-refractivity contribution in [3.63, 3.8) is 0 Å². The number of carbonyl (C=O) groups excluding carboxylic acids is 2. The van der Waals surface area contributed by atoms with Crippen molar-refractivity contribution in [3.05, 3.63) is 59.0 Å². The van der Waals surface area contributed by atoms with Gasteiger partial charge in [0.2, 0.25) is 0 Å². The van der Waals surface area contributed by atoms with Gasteiger partial charge in [0.15, 0.2) is 6.10 Å². The zero-order chi connectivity index (χ0) is 19.6. The zero-order valence-corrected chi connectivity index (χ0v) is 15.0. The highest BCUT2D eigenvalue weighted by atomic mass is 32.2. The molecule has 1 aliphatic heterocycles. The Balaban J connectivity index is 1.83. The molecule has 0 saturated carbocycles. The number of anilines is 1. The molecule has 3 rings (SSSR count). The first kappa shape index (κ1) is 18.5. The minimum Gasteiger partial charge on any atom is -0.508 e. The molecule has 0 bridgehead atoms. The molecule has 1 heterocycles. The van der Waals surface area contributed by atoms with Gasteiger partial charge in [-0.3, -0.25) is 9.59 Å². The maximum atomic E-state index is 12.6. The molecule has 1 atom stereocenters. The summed E-state index contributed by atoms with van der Waals surface area (Å²) in [6.45, 7) is 1.41. The van der Waals surface area contributed by atoms with Crippen LogP contribution in [0.5, 0.6) is 11.5 Å². The normalized spacial score (nSPS) is 16.6. The number of hydrogen-bond donors (Lipinski definition) is 2. The van der Waals surface area contributed by atoms with Gasteiger partial charge in [-0.2, -0.15) is 0 Å². The number of aliphatic carboxylic acids is 1. The van der Waals surface area contributed by atoms with Crippen LogP contribution in [-0.4, -0.2) is 33.4 Å². The van der Waals surface area contributed by atoms with Gasteiger partial charge in [-0.1, -0.05) is 12.1 Å². The molecule has 7 nitrogen and oxygen atoms in total. The lowest BCUT2D eigenvalue weighted by Crippen LogP contribution is -2.27. The quantitative estimate of drug-likeness (QED) is 0.759. The summed E-state index contributed by atoms with van der Waals surface area (Å²) in [4.78, 5) is 37.0. The fraction of sp³-hybridized carbons (Fsp3) is 0.105. The summed E-state index contributed by atoms with van der Waals surface area (Å²) in [5, 5.41) is 17.8. The second-order valence-electron chi connectivity index (χ2n) is 5.70. The van der Waals surface area contributed by atoms with Crippen LogP contribution in [0, 0.1) is 0 Å². The minimum atomic E-state index is -1.09. The Morgan fingerprint density at radius 2 is 1.89 bits per heavy atom. The summed E-state index contributed by atoms with van der Waals surface area (Å²) in [7, 11) is 0. The zero-order valence-electron chi connectivity index (χ0n) is 14.2. The van der Waals surface area contributed by atoms with Gasteiger partial charge in [0.05, 0.1) is 10.6 Å². The molecule has 1 saturated heterocycles. The van der Waals surface area contributed by atoms with Crippen molar-refractivity contribution in [1.29, 1.82) is 0 Å². The molecule has 2 amide bonds. The molecule has 2 aromatic carbocycles. The van der Waals surface area contributed by atoms with Crippen molar-refractivity contribution in [2.45, 2.75) is 13.0 Å². The number of rotatable bonds is 5. The Morgan fingerprint density at radius 1 is 1.19 bits per heavy atom. The van der Waals surface area contributed by atoms with Crippen molar-refractivity contribution >= 4 is 40.6 Å². The SMILES string of the molecule is CC(Oc1cccc(/C=C2/SC(=O)N(c3ccc(O)cc3)C2=O)c1)C(=O)O. The van der Waals surface area contributed by atoms with Gasteiger partial charge in [0.1, 0.15) is 11.5 Å². The van der Waals surface area contributed by atoms with Crippen LogP contribution in [0.25, 0.3) is 6.08 Å². The van der Waals surface area contributed by atoms with Crippen LogP contribution in [0.1, 0.15) is 12.5 Å². The molecule has 0 spiro atoms. The van der Waals surface area contributed by atoms with Crippen LogP contribution in [0.2, 0.25) is 0 Å². The number of phenolic OH excluding ortho intramolecular Hbond substituents is 1. The number of nitrogens with zero attached hydrogens (tertiary/aromatic N) is 1. The lowest BCUT2D eigenvalue weighted by atomic mass is 10.2. The number of imide groups is 1. The first-order chi connectivity index (χ1) is 12.8. The number of amides is 2. The maximum absolute atomic E-state index is 12.6. The van der Waals surface area contributed by atoms with Crippen LogP contribution in [-0.2, 0) is 9.59 Å². The number of ether oxygens (including phenoxy) is 1.